The number of carbonyl (C=O) groups is 1. The molecular formula is C11H12FNO4. The van der Waals surface area contributed by atoms with Crippen LogP contribution in [0, 0.1) is 10.1 Å². The summed E-state index contributed by atoms with van der Waals surface area (Å²) in [4.78, 5) is 20.9. The Morgan fingerprint density at radius 1 is 1.59 bits per heavy atom. The highest BCUT2D eigenvalue weighted by molar-refractivity contribution is 5.70. The summed E-state index contributed by atoms with van der Waals surface area (Å²) < 4.78 is 18.2. The predicted octanol–water partition coefficient (Wildman–Crippen LogP) is 2.56. The first-order valence-electron chi connectivity index (χ1n) is 5.08. The van der Waals surface area contributed by atoms with Gasteiger partial charge in [0.2, 0.25) is 0 Å². The maximum atomic E-state index is 13.6. The van der Waals surface area contributed by atoms with Crippen molar-refractivity contribution in [3.05, 3.63) is 39.9 Å². The SMILES string of the molecule is CCOC(=O)CC(F)c1cccc([N+](=O)[O-])c1. The van der Waals surface area contributed by atoms with Crippen LogP contribution in [0.25, 0.3) is 0 Å². The van der Waals surface area contributed by atoms with Gasteiger partial charge in [-0.3, -0.25) is 14.9 Å². The molecule has 0 aromatic heterocycles. The first-order chi connectivity index (χ1) is 8.04. The fourth-order valence-corrected chi connectivity index (χ4v) is 1.32. The largest absolute Gasteiger partial charge is 0.466 e. The summed E-state index contributed by atoms with van der Waals surface area (Å²) in [6.07, 6.45) is -2.02. The molecule has 1 unspecified atom stereocenters. The first kappa shape index (κ1) is 13.1. The second kappa shape index (κ2) is 5.93. The van der Waals surface area contributed by atoms with E-state index in [9.17, 15) is 19.3 Å². The van der Waals surface area contributed by atoms with E-state index in [1.807, 2.05) is 0 Å². The van der Waals surface area contributed by atoms with Gasteiger partial charge in [-0.25, -0.2) is 4.39 Å². The lowest BCUT2D eigenvalue weighted by atomic mass is 10.1. The molecule has 0 saturated heterocycles. The molecule has 1 rings (SSSR count). The van der Waals surface area contributed by atoms with Crippen LogP contribution in [0.1, 0.15) is 25.1 Å². The van der Waals surface area contributed by atoms with Crippen LogP contribution in [0.5, 0.6) is 0 Å². The maximum absolute atomic E-state index is 13.6. The average Bonchev–Trinajstić information content (AvgIpc) is 2.29. The Bertz CT molecular complexity index is 422. The molecule has 5 nitrogen and oxygen atoms in total. The number of esters is 1. The zero-order valence-electron chi connectivity index (χ0n) is 9.26. The highest BCUT2D eigenvalue weighted by atomic mass is 19.1. The summed E-state index contributed by atoms with van der Waals surface area (Å²) in [7, 11) is 0. The summed E-state index contributed by atoms with van der Waals surface area (Å²) in [5.41, 5.74) is -0.0961. The van der Waals surface area contributed by atoms with Gasteiger partial charge in [0, 0.05) is 12.1 Å². The number of nitro groups is 1. The van der Waals surface area contributed by atoms with Gasteiger partial charge in [-0.1, -0.05) is 12.1 Å². The number of hydrogen-bond acceptors (Lipinski definition) is 4. The molecular weight excluding hydrogens is 229 g/mol. The molecule has 0 fully saturated rings. The van der Waals surface area contributed by atoms with Crippen LogP contribution in [-0.2, 0) is 9.53 Å². The molecule has 0 N–H and O–H groups in total. The molecule has 0 aliphatic heterocycles. The fraction of sp³-hybridized carbons (Fsp3) is 0.364. The van der Waals surface area contributed by atoms with E-state index in [1.165, 1.54) is 18.2 Å². The lowest BCUT2D eigenvalue weighted by molar-refractivity contribution is -0.385. The lowest BCUT2D eigenvalue weighted by Crippen LogP contribution is -2.07. The third kappa shape index (κ3) is 3.82. The Morgan fingerprint density at radius 3 is 2.88 bits per heavy atom. The van der Waals surface area contributed by atoms with Gasteiger partial charge in [0.05, 0.1) is 18.0 Å². The minimum absolute atomic E-state index is 0.104. The van der Waals surface area contributed by atoms with Crippen molar-refractivity contribution in [3.8, 4) is 0 Å². The molecule has 0 aliphatic carbocycles. The van der Waals surface area contributed by atoms with Gasteiger partial charge in [0.15, 0.2) is 0 Å². The van der Waals surface area contributed by atoms with E-state index in [4.69, 9.17) is 0 Å². The van der Waals surface area contributed by atoms with E-state index in [0.717, 1.165) is 6.07 Å². The summed E-state index contributed by atoms with van der Waals surface area (Å²) in [6, 6.07) is 5.16. The average molecular weight is 241 g/mol. The smallest absolute Gasteiger partial charge is 0.309 e. The van der Waals surface area contributed by atoms with Crippen molar-refractivity contribution in [2.75, 3.05) is 6.61 Å². The third-order valence-electron chi connectivity index (χ3n) is 2.09. The molecule has 0 aliphatic rings. The number of halogens is 1. The topological polar surface area (TPSA) is 69.4 Å². The van der Waals surface area contributed by atoms with Crippen LogP contribution < -0.4 is 0 Å². The molecule has 17 heavy (non-hydrogen) atoms. The van der Waals surface area contributed by atoms with Gasteiger partial charge in [0.25, 0.3) is 5.69 Å². The fourth-order valence-electron chi connectivity index (χ4n) is 1.32. The van der Waals surface area contributed by atoms with E-state index in [0.29, 0.717) is 0 Å². The van der Waals surface area contributed by atoms with Crippen LogP contribution in [0.2, 0.25) is 0 Å². The number of benzene rings is 1. The number of ether oxygens (including phenoxy) is 1. The van der Waals surface area contributed by atoms with Crippen LogP contribution in [-0.4, -0.2) is 17.5 Å². The molecule has 0 bridgehead atoms. The van der Waals surface area contributed by atoms with Crippen molar-refractivity contribution in [2.45, 2.75) is 19.5 Å². The Labute approximate surface area is 97.3 Å². The molecule has 1 atom stereocenters. The molecule has 0 radical (unpaired) electrons. The third-order valence-corrected chi connectivity index (χ3v) is 2.09. The van der Waals surface area contributed by atoms with Crippen molar-refractivity contribution >= 4 is 11.7 Å². The molecule has 0 spiro atoms. The van der Waals surface area contributed by atoms with Gasteiger partial charge in [0.1, 0.15) is 6.17 Å². The quantitative estimate of drug-likeness (QED) is 0.451. The van der Waals surface area contributed by atoms with Gasteiger partial charge in [-0.15, -0.1) is 0 Å². The van der Waals surface area contributed by atoms with Gasteiger partial charge < -0.3 is 4.74 Å². The highest BCUT2D eigenvalue weighted by Gasteiger charge is 2.18. The molecule has 1 aromatic carbocycles. The number of alkyl halides is 1. The van der Waals surface area contributed by atoms with E-state index in [1.54, 1.807) is 6.92 Å². The maximum Gasteiger partial charge on any atom is 0.309 e. The van der Waals surface area contributed by atoms with Crippen molar-refractivity contribution in [3.63, 3.8) is 0 Å². The summed E-state index contributed by atoms with van der Waals surface area (Å²) in [5, 5.41) is 10.5. The Balaban J connectivity index is 2.75. The van der Waals surface area contributed by atoms with Gasteiger partial charge in [-0.2, -0.15) is 0 Å². The highest BCUT2D eigenvalue weighted by Crippen LogP contribution is 2.25. The van der Waals surface area contributed by atoms with Gasteiger partial charge >= 0.3 is 5.97 Å². The molecule has 92 valence electrons. The normalized spacial score (nSPS) is 11.9. The van der Waals surface area contributed by atoms with Gasteiger partial charge in [-0.05, 0) is 12.5 Å². The number of nitrogens with zero attached hydrogens (tertiary/aromatic N) is 1. The first-order valence-corrected chi connectivity index (χ1v) is 5.08. The molecule has 1 aromatic rings. The number of carbonyl (C=O) groups excluding carboxylic acids is 1. The monoisotopic (exact) mass is 241 g/mol. The van der Waals surface area contributed by atoms with Crippen LogP contribution >= 0.6 is 0 Å². The summed E-state index contributed by atoms with van der Waals surface area (Å²) in [5.74, 6) is -0.661. The Hall–Kier alpha value is -1.98. The minimum Gasteiger partial charge on any atom is -0.466 e. The van der Waals surface area contributed by atoms with E-state index < -0.39 is 23.5 Å². The molecule has 0 heterocycles. The van der Waals surface area contributed by atoms with Crippen molar-refractivity contribution in [1.82, 2.24) is 0 Å². The standard InChI is InChI=1S/C11H12FNO4/c1-2-17-11(14)7-10(12)8-4-3-5-9(6-8)13(15)16/h3-6,10H,2,7H2,1H3. The second-order valence-corrected chi connectivity index (χ2v) is 3.33. The van der Waals surface area contributed by atoms with E-state index in [2.05, 4.69) is 4.74 Å². The molecule has 0 saturated carbocycles. The Morgan fingerprint density at radius 2 is 2.29 bits per heavy atom. The van der Waals surface area contributed by atoms with Crippen LogP contribution in [0.15, 0.2) is 24.3 Å². The van der Waals surface area contributed by atoms with Crippen molar-refractivity contribution in [2.24, 2.45) is 0 Å². The Kier molecular flexibility index (Phi) is 4.56. The lowest BCUT2D eigenvalue weighted by Gasteiger charge is -2.07. The number of rotatable bonds is 5. The predicted molar refractivity (Wildman–Crippen MR) is 58.2 cm³/mol. The number of hydrogen-bond donors (Lipinski definition) is 0. The molecule has 6 heteroatoms. The van der Waals surface area contributed by atoms with E-state index in [-0.39, 0.29) is 17.9 Å². The zero-order chi connectivity index (χ0) is 12.8. The van der Waals surface area contributed by atoms with Crippen molar-refractivity contribution in [1.29, 1.82) is 0 Å². The minimum atomic E-state index is -1.59. The molecule has 0 amide bonds. The second-order valence-electron chi connectivity index (χ2n) is 3.33. The summed E-state index contributed by atoms with van der Waals surface area (Å²) in [6.45, 7) is 1.80. The van der Waals surface area contributed by atoms with Crippen LogP contribution in [0.3, 0.4) is 0 Å². The number of non-ortho nitro benzene ring substituents is 1. The number of nitro benzene ring substituents is 1. The van der Waals surface area contributed by atoms with E-state index >= 15 is 0 Å². The van der Waals surface area contributed by atoms with Crippen molar-refractivity contribution < 1.29 is 18.8 Å². The van der Waals surface area contributed by atoms with Crippen LogP contribution in [0.4, 0.5) is 10.1 Å². The zero-order valence-corrected chi connectivity index (χ0v) is 9.26. The summed E-state index contributed by atoms with van der Waals surface area (Å²) >= 11 is 0.